The van der Waals surface area contributed by atoms with Gasteiger partial charge in [0.15, 0.2) is 11.3 Å². The maximum Gasteiger partial charge on any atom is 0.184 e. The molecule has 0 amide bonds. The second kappa shape index (κ2) is 4.13. The van der Waals surface area contributed by atoms with Crippen molar-refractivity contribution in [1.82, 2.24) is 0 Å². The van der Waals surface area contributed by atoms with Gasteiger partial charge in [-0.05, 0) is 17.9 Å². The van der Waals surface area contributed by atoms with Gasteiger partial charge >= 0.3 is 0 Å². The molecule has 0 N–H and O–H groups in total. The lowest BCUT2D eigenvalue weighted by atomic mass is 10.4. The van der Waals surface area contributed by atoms with Gasteiger partial charge in [0.2, 0.25) is 0 Å². The van der Waals surface area contributed by atoms with Gasteiger partial charge < -0.3 is 4.74 Å². The first-order chi connectivity index (χ1) is 5.38. The highest BCUT2D eigenvalue weighted by Crippen LogP contribution is 2.24. The molecule has 1 heterocycles. The van der Waals surface area contributed by atoms with Gasteiger partial charge in [-0.3, -0.25) is 4.79 Å². The van der Waals surface area contributed by atoms with Crippen LogP contribution in [0.2, 0.25) is 0 Å². The van der Waals surface area contributed by atoms with Gasteiger partial charge in [-0.15, -0.1) is 11.3 Å². The van der Waals surface area contributed by atoms with Crippen LogP contribution in [-0.4, -0.2) is 12.9 Å². The van der Waals surface area contributed by atoms with Gasteiger partial charge in [0, 0.05) is 0 Å². The maximum atomic E-state index is 10.4. The van der Waals surface area contributed by atoms with Crippen molar-refractivity contribution < 1.29 is 9.53 Å². The highest BCUT2D eigenvalue weighted by molar-refractivity contribution is 7.12. The summed E-state index contributed by atoms with van der Waals surface area (Å²) in [5.74, 6) is 0. The number of hydrogen-bond acceptors (Lipinski definition) is 3. The zero-order valence-electron chi connectivity index (χ0n) is 6.37. The summed E-state index contributed by atoms with van der Waals surface area (Å²) in [6, 6.07) is 1.77. The Bertz CT molecular complexity index is 230. The molecule has 0 atom stereocenters. The maximum absolute atomic E-state index is 10.4. The summed E-state index contributed by atoms with van der Waals surface area (Å²) >= 11 is 1.46. The van der Waals surface area contributed by atoms with E-state index in [1.54, 1.807) is 6.07 Å². The van der Waals surface area contributed by atoms with Crippen LogP contribution in [0.15, 0.2) is 11.4 Å². The zero-order valence-corrected chi connectivity index (χ0v) is 7.19. The van der Waals surface area contributed by atoms with E-state index in [1.165, 1.54) is 11.3 Å². The molecule has 0 aliphatic heterocycles. The minimum Gasteiger partial charge on any atom is -0.483 e. The van der Waals surface area contributed by atoms with Crippen molar-refractivity contribution in [2.75, 3.05) is 6.61 Å². The van der Waals surface area contributed by atoms with Crippen molar-refractivity contribution in [3.63, 3.8) is 0 Å². The van der Waals surface area contributed by atoms with Crippen molar-refractivity contribution in [3.05, 3.63) is 17.0 Å². The quantitative estimate of drug-likeness (QED) is 0.648. The molecule has 0 saturated carbocycles. The van der Waals surface area contributed by atoms with Crippen LogP contribution >= 0.6 is 11.3 Å². The predicted octanol–water partition coefficient (Wildman–Crippen LogP) is 2.35. The van der Waals surface area contributed by atoms with Crippen LogP contribution in [-0.2, 0) is 0 Å². The molecule has 0 aromatic carbocycles. The summed E-state index contributed by atoms with van der Waals surface area (Å²) in [4.78, 5) is 10.4. The predicted molar refractivity (Wildman–Crippen MR) is 45.5 cm³/mol. The van der Waals surface area contributed by atoms with Gasteiger partial charge in [0.25, 0.3) is 0 Å². The number of thiophene rings is 1. The molecule has 0 aliphatic carbocycles. The Balaban J connectivity index is 2.61. The summed E-state index contributed by atoms with van der Waals surface area (Å²) in [6.45, 7) is 2.72. The van der Waals surface area contributed by atoms with Crippen LogP contribution in [0.3, 0.4) is 0 Å². The molecule has 2 nitrogen and oxygen atoms in total. The Kier molecular flexibility index (Phi) is 3.11. The Morgan fingerprint density at radius 1 is 1.73 bits per heavy atom. The van der Waals surface area contributed by atoms with E-state index in [9.17, 15) is 4.79 Å². The van der Waals surface area contributed by atoms with Gasteiger partial charge in [-0.25, -0.2) is 0 Å². The standard InChI is InChI=1S/C8H10O2S/c1-2-4-10-8-7(6-9)3-5-11-8/h3,5-6H,2,4H2,1H3. The molecular formula is C8H10O2S. The van der Waals surface area contributed by atoms with Crippen molar-refractivity contribution in [1.29, 1.82) is 0 Å². The lowest BCUT2D eigenvalue weighted by Gasteiger charge is -2.00. The monoisotopic (exact) mass is 170 g/mol. The van der Waals surface area contributed by atoms with E-state index in [0.29, 0.717) is 12.2 Å². The molecule has 11 heavy (non-hydrogen) atoms. The summed E-state index contributed by atoms with van der Waals surface area (Å²) in [5.41, 5.74) is 0.656. The zero-order chi connectivity index (χ0) is 8.10. The van der Waals surface area contributed by atoms with Crippen molar-refractivity contribution in [2.24, 2.45) is 0 Å². The van der Waals surface area contributed by atoms with Gasteiger partial charge in [-0.2, -0.15) is 0 Å². The number of hydrogen-bond donors (Lipinski definition) is 0. The topological polar surface area (TPSA) is 26.3 Å². The smallest absolute Gasteiger partial charge is 0.184 e. The summed E-state index contributed by atoms with van der Waals surface area (Å²) < 4.78 is 5.30. The molecule has 0 radical (unpaired) electrons. The van der Waals surface area contributed by atoms with Crippen LogP contribution in [0.5, 0.6) is 5.06 Å². The Morgan fingerprint density at radius 2 is 2.55 bits per heavy atom. The Hall–Kier alpha value is -0.830. The van der Waals surface area contributed by atoms with Gasteiger partial charge in [0.05, 0.1) is 12.2 Å². The lowest BCUT2D eigenvalue weighted by Crippen LogP contribution is -1.94. The first kappa shape index (κ1) is 8.27. The first-order valence-corrected chi connectivity index (χ1v) is 4.42. The fourth-order valence-corrected chi connectivity index (χ4v) is 1.45. The van der Waals surface area contributed by atoms with E-state index in [0.717, 1.165) is 17.8 Å². The van der Waals surface area contributed by atoms with E-state index in [-0.39, 0.29) is 0 Å². The number of rotatable bonds is 4. The third-order valence-electron chi connectivity index (χ3n) is 1.22. The van der Waals surface area contributed by atoms with Crippen LogP contribution in [0, 0.1) is 0 Å². The minimum atomic E-state index is 0.656. The molecule has 0 spiro atoms. The normalized spacial score (nSPS) is 9.55. The minimum absolute atomic E-state index is 0.656. The van der Waals surface area contributed by atoms with E-state index in [1.807, 2.05) is 12.3 Å². The van der Waals surface area contributed by atoms with Crippen molar-refractivity contribution in [2.45, 2.75) is 13.3 Å². The number of carbonyl (C=O) groups excluding carboxylic acids is 1. The highest BCUT2D eigenvalue weighted by atomic mass is 32.1. The fraction of sp³-hybridized carbons (Fsp3) is 0.375. The van der Waals surface area contributed by atoms with Gasteiger partial charge in [-0.1, -0.05) is 6.92 Å². The molecule has 3 heteroatoms. The molecule has 1 aromatic rings. The average Bonchev–Trinajstić information content (AvgIpc) is 2.47. The molecule has 0 fully saturated rings. The molecule has 0 bridgehead atoms. The SMILES string of the molecule is CCCOc1sccc1C=O. The molecule has 0 aliphatic rings. The third kappa shape index (κ3) is 2.05. The highest BCUT2D eigenvalue weighted by Gasteiger charge is 2.02. The summed E-state index contributed by atoms with van der Waals surface area (Å²) in [7, 11) is 0. The number of carbonyl (C=O) groups is 1. The fourth-order valence-electron chi connectivity index (χ4n) is 0.705. The number of ether oxygens (including phenoxy) is 1. The third-order valence-corrected chi connectivity index (χ3v) is 2.06. The first-order valence-electron chi connectivity index (χ1n) is 3.54. The van der Waals surface area contributed by atoms with Crippen LogP contribution in [0.1, 0.15) is 23.7 Å². The lowest BCUT2D eigenvalue weighted by molar-refractivity contribution is 0.112. The second-order valence-corrected chi connectivity index (χ2v) is 3.01. The van der Waals surface area contributed by atoms with Crippen molar-refractivity contribution in [3.8, 4) is 5.06 Å². The average molecular weight is 170 g/mol. The Labute approximate surface area is 69.8 Å². The summed E-state index contributed by atoms with van der Waals surface area (Å²) in [6.07, 6.45) is 1.79. The van der Waals surface area contributed by atoms with E-state index in [2.05, 4.69) is 0 Å². The van der Waals surface area contributed by atoms with Crippen LogP contribution in [0.25, 0.3) is 0 Å². The van der Waals surface area contributed by atoms with Gasteiger partial charge in [0.1, 0.15) is 0 Å². The van der Waals surface area contributed by atoms with E-state index in [4.69, 9.17) is 4.74 Å². The molecule has 0 unspecified atom stereocenters. The Morgan fingerprint density at radius 3 is 3.18 bits per heavy atom. The van der Waals surface area contributed by atoms with Crippen LogP contribution < -0.4 is 4.74 Å². The van der Waals surface area contributed by atoms with Crippen LogP contribution in [0.4, 0.5) is 0 Å². The molecule has 1 rings (SSSR count). The molecule has 1 aromatic heterocycles. The number of aldehydes is 1. The van der Waals surface area contributed by atoms with Crippen molar-refractivity contribution >= 4 is 17.6 Å². The van der Waals surface area contributed by atoms with E-state index >= 15 is 0 Å². The largest absolute Gasteiger partial charge is 0.483 e. The molecule has 60 valence electrons. The molecular weight excluding hydrogens is 160 g/mol. The summed E-state index contributed by atoms with van der Waals surface area (Å²) in [5, 5.41) is 2.59. The second-order valence-electron chi connectivity index (χ2n) is 2.13. The van der Waals surface area contributed by atoms with E-state index < -0.39 is 0 Å². The molecule has 0 saturated heterocycles.